The molecule has 0 radical (unpaired) electrons. The average Bonchev–Trinajstić information content (AvgIpc) is 2.86. The van der Waals surface area contributed by atoms with Crippen molar-refractivity contribution in [2.75, 3.05) is 13.1 Å². The molecule has 0 spiro atoms. The van der Waals surface area contributed by atoms with Crippen molar-refractivity contribution < 1.29 is 4.79 Å². The third-order valence-corrected chi connectivity index (χ3v) is 3.35. The molecule has 4 aliphatic rings. The molecule has 2 atom stereocenters. The number of piperidine rings is 2. The van der Waals surface area contributed by atoms with Gasteiger partial charge in [-0.3, -0.25) is 9.69 Å². The second-order valence-corrected chi connectivity index (χ2v) is 4.22. The van der Waals surface area contributed by atoms with E-state index in [9.17, 15) is 4.79 Å². The van der Waals surface area contributed by atoms with Crippen molar-refractivity contribution in [3.05, 3.63) is 0 Å². The Hall–Kier alpha value is -0.370. The Labute approximate surface area is 66.6 Å². The van der Waals surface area contributed by atoms with E-state index >= 15 is 0 Å². The van der Waals surface area contributed by atoms with Gasteiger partial charge in [-0.15, -0.1) is 0 Å². The van der Waals surface area contributed by atoms with Crippen LogP contribution in [0.4, 0.5) is 0 Å². The van der Waals surface area contributed by atoms with Gasteiger partial charge in [0.2, 0.25) is 0 Å². The zero-order chi connectivity index (χ0) is 7.42. The maximum Gasteiger partial charge on any atom is 0.141 e. The fraction of sp³-hybridized carbons (Fsp3) is 0.889. The number of ketones is 1. The molecule has 4 fully saturated rings. The number of rotatable bonds is 1. The first-order chi connectivity index (χ1) is 5.34. The summed E-state index contributed by atoms with van der Waals surface area (Å²) >= 11 is 0. The van der Waals surface area contributed by atoms with Gasteiger partial charge in [0, 0.05) is 31.0 Å². The summed E-state index contributed by atoms with van der Waals surface area (Å²) in [6, 6.07) is 0.869. The van der Waals surface area contributed by atoms with E-state index in [1.54, 1.807) is 0 Å². The first kappa shape index (κ1) is 6.18. The largest absolute Gasteiger partial charge is 0.299 e. The highest BCUT2D eigenvalue weighted by atomic mass is 16.1. The molecule has 2 nitrogen and oxygen atoms in total. The lowest BCUT2D eigenvalue weighted by Gasteiger charge is -2.45. The van der Waals surface area contributed by atoms with Gasteiger partial charge in [-0.2, -0.15) is 0 Å². The van der Waals surface area contributed by atoms with Crippen molar-refractivity contribution in [3.8, 4) is 0 Å². The number of hydrogen-bond acceptors (Lipinski definition) is 2. The van der Waals surface area contributed by atoms with Crippen LogP contribution in [0.3, 0.4) is 0 Å². The molecule has 0 unspecified atom stereocenters. The van der Waals surface area contributed by atoms with Crippen molar-refractivity contribution in [2.45, 2.75) is 25.3 Å². The first-order valence-electron chi connectivity index (χ1n) is 4.62. The van der Waals surface area contributed by atoms with E-state index in [2.05, 4.69) is 4.90 Å². The van der Waals surface area contributed by atoms with E-state index < -0.39 is 0 Å². The van der Waals surface area contributed by atoms with E-state index in [1.165, 1.54) is 19.3 Å². The SMILES string of the molecule is O=C1[C@@H]2C[C@H]1CN(C1CC1)C2. The Morgan fingerprint density at radius 1 is 1.18 bits per heavy atom. The molecule has 2 aliphatic heterocycles. The van der Waals surface area contributed by atoms with Gasteiger partial charge in [0.15, 0.2) is 0 Å². The first-order valence-corrected chi connectivity index (χ1v) is 4.62. The summed E-state index contributed by atoms with van der Waals surface area (Å²) in [6.07, 6.45) is 3.96. The molecule has 0 aromatic heterocycles. The van der Waals surface area contributed by atoms with Gasteiger partial charge in [-0.1, -0.05) is 0 Å². The number of hydrogen-bond donors (Lipinski definition) is 0. The van der Waals surface area contributed by atoms with E-state index in [-0.39, 0.29) is 0 Å². The number of fused-ring (bicyclic) bond motifs is 2. The van der Waals surface area contributed by atoms with Crippen LogP contribution in [0.1, 0.15) is 19.3 Å². The summed E-state index contributed by atoms with van der Waals surface area (Å²) in [5.74, 6) is 1.44. The Kier molecular flexibility index (Phi) is 1.05. The minimum atomic E-state index is 0.439. The third kappa shape index (κ3) is 0.791. The number of nitrogens with zero attached hydrogens (tertiary/aromatic N) is 1. The molecule has 2 saturated heterocycles. The van der Waals surface area contributed by atoms with Crippen LogP contribution >= 0.6 is 0 Å². The van der Waals surface area contributed by atoms with Crippen molar-refractivity contribution in [3.63, 3.8) is 0 Å². The topological polar surface area (TPSA) is 20.3 Å². The normalized spacial score (nSPS) is 43.8. The van der Waals surface area contributed by atoms with E-state index in [0.717, 1.165) is 19.1 Å². The third-order valence-electron chi connectivity index (χ3n) is 3.35. The molecular formula is C9H13NO. The summed E-state index contributed by atoms with van der Waals surface area (Å²) in [5, 5.41) is 0. The van der Waals surface area contributed by atoms with Crippen molar-refractivity contribution in [1.82, 2.24) is 4.90 Å². The number of carbonyl (C=O) groups is 1. The van der Waals surface area contributed by atoms with Crippen LogP contribution in [0.15, 0.2) is 0 Å². The van der Waals surface area contributed by atoms with Crippen LogP contribution < -0.4 is 0 Å². The molecule has 2 heteroatoms. The van der Waals surface area contributed by atoms with Crippen molar-refractivity contribution >= 4 is 5.78 Å². The number of carbonyl (C=O) groups excluding carboxylic acids is 1. The minimum Gasteiger partial charge on any atom is -0.299 e. The molecule has 2 saturated carbocycles. The maximum absolute atomic E-state index is 11.2. The molecule has 4 rings (SSSR count). The lowest BCUT2D eigenvalue weighted by atomic mass is 9.69. The van der Waals surface area contributed by atoms with Crippen molar-refractivity contribution in [1.29, 1.82) is 0 Å². The molecule has 0 aromatic rings. The minimum absolute atomic E-state index is 0.439. The van der Waals surface area contributed by atoms with Gasteiger partial charge in [-0.05, 0) is 19.3 Å². The van der Waals surface area contributed by atoms with E-state index in [4.69, 9.17) is 0 Å². The molecule has 11 heavy (non-hydrogen) atoms. The summed E-state index contributed by atoms with van der Waals surface area (Å²) in [6.45, 7) is 2.17. The molecule has 2 bridgehead atoms. The predicted octanol–water partition coefficient (Wildman–Crippen LogP) is 0.670. The van der Waals surface area contributed by atoms with Gasteiger partial charge in [-0.25, -0.2) is 0 Å². The Morgan fingerprint density at radius 3 is 2.27 bits per heavy atom. The van der Waals surface area contributed by atoms with Crippen LogP contribution in [0.5, 0.6) is 0 Å². The Bertz CT molecular complexity index is 196. The van der Waals surface area contributed by atoms with Gasteiger partial charge < -0.3 is 0 Å². The van der Waals surface area contributed by atoms with Gasteiger partial charge in [0.05, 0.1) is 0 Å². The predicted molar refractivity (Wildman–Crippen MR) is 41.2 cm³/mol. The van der Waals surface area contributed by atoms with Crippen LogP contribution in [0.25, 0.3) is 0 Å². The highest BCUT2D eigenvalue weighted by Gasteiger charge is 2.48. The summed E-state index contributed by atoms with van der Waals surface area (Å²) in [7, 11) is 0. The Morgan fingerprint density at radius 2 is 1.82 bits per heavy atom. The van der Waals surface area contributed by atoms with Crippen LogP contribution in [-0.4, -0.2) is 29.8 Å². The molecule has 0 aromatic carbocycles. The summed E-state index contributed by atoms with van der Waals surface area (Å²) in [5.41, 5.74) is 0. The lowest BCUT2D eigenvalue weighted by Crippen LogP contribution is -2.56. The quantitative estimate of drug-likeness (QED) is 0.549. The summed E-state index contributed by atoms with van der Waals surface area (Å²) in [4.78, 5) is 13.7. The van der Waals surface area contributed by atoms with Crippen LogP contribution in [0, 0.1) is 11.8 Å². The smallest absolute Gasteiger partial charge is 0.141 e. The fourth-order valence-electron chi connectivity index (χ4n) is 2.46. The standard InChI is InChI=1S/C9H13NO/c11-9-6-3-7(9)5-10(4-6)8-1-2-8/h6-8H,1-5H2/t6-,7+. The molecule has 2 aliphatic carbocycles. The van der Waals surface area contributed by atoms with Gasteiger partial charge in [0.25, 0.3) is 0 Å². The van der Waals surface area contributed by atoms with Gasteiger partial charge in [0.1, 0.15) is 5.78 Å². The van der Waals surface area contributed by atoms with Crippen molar-refractivity contribution in [2.24, 2.45) is 11.8 Å². The Balaban J connectivity index is 1.72. The van der Waals surface area contributed by atoms with Crippen LogP contribution in [0.2, 0.25) is 0 Å². The highest BCUT2D eigenvalue weighted by Crippen LogP contribution is 2.40. The van der Waals surface area contributed by atoms with Crippen LogP contribution in [-0.2, 0) is 4.79 Å². The maximum atomic E-state index is 11.2. The van der Waals surface area contributed by atoms with Gasteiger partial charge >= 0.3 is 0 Å². The zero-order valence-electron chi connectivity index (χ0n) is 6.62. The highest BCUT2D eigenvalue weighted by molar-refractivity contribution is 5.90. The second-order valence-electron chi connectivity index (χ2n) is 4.22. The zero-order valence-corrected chi connectivity index (χ0v) is 6.62. The number of Topliss-reactive ketones (excluding diaryl/α,β-unsaturated/α-hetero) is 1. The average molecular weight is 151 g/mol. The fourth-order valence-corrected chi connectivity index (χ4v) is 2.46. The second kappa shape index (κ2) is 1.86. The van der Waals surface area contributed by atoms with E-state index in [1.807, 2.05) is 0 Å². The molecule has 60 valence electrons. The molecular weight excluding hydrogens is 138 g/mol. The summed E-state index contributed by atoms with van der Waals surface area (Å²) < 4.78 is 0. The molecule has 0 amide bonds. The lowest BCUT2D eigenvalue weighted by molar-refractivity contribution is -0.143. The monoisotopic (exact) mass is 151 g/mol. The molecule has 0 N–H and O–H groups in total. The van der Waals surface area contributed by atoms with E-state index in [0.29, 0.717) is 17.6 Å². The molecule has 2 heterocycles.